The van der Waals surface area contributed by atoms with Crippen molar-refractivity contribution in [3.05, 3.63) is 35.9 Å². The lowest BCUT2D eigenvalue weighted by atomic mass is 9.89. The molecule has 31 heavy (non-hydrogen) atoms. The van der Waals surface area contributed by atoms with Crippen LogP contribution in [0.15, 0.2) is 35.4 Å². The number of nitrogens with zero attached hydrogens (tertiary/aromatic N) is 2. The Kier molecular flexibility index (Phi) is 6.43. The molecule has 14 heteroatoms. The topological polar surface area (TPSA) is 59.0 Å². The van der Waals surface area contributed by atoms with Gasteiger partial charge in [-0.05, 0) is 17.7 Å². The van der Waals surface area contributed by atoms with Gasteiger partial charge in [-0.2, -0.15) is 44.6 Å². The molecule has 2 unspecified atom stereocenters. The molecule has 0 bridgehead atoms. The largest absolute Gasteiger partial charge is 0.497 e. The first-order valence-electron chi connectivity index (χ1n) is 8.06. The minimum atomic E-state index is -5.83. The predicted octanol–water partition coefficient (Wildman–Crippen LogP) is 4.15. The van der Waals surface area contributed by atoms with E-state index in [2.05, 4.69) is 5.10 Å². The minimum absolute atomic E-state index is 0.124. The monoisotopic (exact) mass is 462 g/mol. The highest BCUT2D eigenvalue weighted by atomic mass is 19.4. The fourth-order valence-corrected chi connectivity index (χ4v) is 2.66. The average molecular weight is 462 g/mol. The number of hydrogen-bond donors (Lipinski definition) is 0. The van der Waals surface area contributed by atoms with E-state index in [-0.39, 0.29) is 5.56 Å². The lowest BCUT2D eigenvalue weighted by Crippen LogP contribution is -2.48. The van der Waals surface area contributed by atoms with Crippen molar-refractivity contribution < 1.29 is 53.8 Å². The van der Waals surface area contributed by atoms with E-state index >= 15 is 0 Å². The molecule has 0 aliphatic carbocycles. The highest BCUT2D eigenvalue weighted by Gasteiger charge is 2.61. The number of carbonyl (C=O) groups excluding carboxylic acids is 2. The van der Waals surface area contributed by atoms with Crippen molar-refractivity contribution in [3.63, 3.8) is 0 Å². The normalized spacial score (nSPS) is 20.2. The number of carbonyl (C=O) groups is 2. The van der Waals surface area contributed by atoms with Gasteiger partial charge in [0.2, 0.25) is 5.78 Å². The Morgan fingerprint density at radius 1 is 0.968 bits per heavy atom. The van der Waals surface area contributed by atoms with E-state index in [4.69, 9.17) is 4.74 Å². The molecule has 1 aromatic carbocycles. The predicted molar refractivity (Wildman–Crippen MR) is 86.8 cm³/mol. The zero-order valence-electron chi connectivity index (χ0n) is 15.1. The van der Waals surface area contributed by atoms with Crippen LogP contribution in [0.4, 0.5) is 39.5 Å². The molecule has 1 aliphatic heterocycles. The molecule has 170 valence electrons. The Morgan fingerprint density at radius 3 is 1.94 bits per heavy atom. The van der Waals surface area contributed by atoms with Crippen molar-refractivity contribution in [1.82, 2.24) is 5.01 Å². The summed E-state index contributed by atoms with van der Waals surface area (Å²) in [5.74, 6) is -8.86. The number of halogens is 9. The molecule has 2 atom stereocenters. The van der Waals surface area contributed by atoms with Gasteiger partial charge in [-0.3, -0.25) is 9.59 Å². The Balaban J connectivity index is 2.58. The van der Waals surface area contributed by atoms with Crippen molar-refractivity contribution in [2.45, 2.75) is 24.6 Å². The fourth-order valence-electron chi connectivity index (χ4n) is 2.66. The summed E-state index contributed by atoms with van der Waals surface area (Å²) in [4.78, 5) is 23.2. The quantitative estimate of drug-likeness (QED) is 0.632. The molecule has 0 saturated carbocycles. The van der Waals surface area contributed by atoms with Gasteiger partial charge >= 0.3 is 24.4 Å². The third kappa shape index (κ3) is 5.35. The summed E-state index contributed by atoms with van der Waals surface area (Å²) in [5, 5.41) is 1.62. The van der Waals surface area contributed by atoms with Crippen LogP contribution in [0.25, 0.3) is 6.08 Å². The first-order chi connectivity index (χ1) is 14.1. The molecule has 0 N–H and O–H groups in total. The van der Waals surface area contributed by atoms with Gasteiger partial charge in [0.05, 0.1) is 13.2 Å². The van der Waals surface area contributed by atoms with Crippen molar-refractivity contribution in [1.29, 1.82) is 0 Å². The second kappa shape index (κ2) is 8.23. The van der Waals surface area contributed by atoms with Gasteiger partial charge in [-0.1, -0.05) is 24.3 Å². The van der Waals surface area contributed by atoms with Crippen LogP contribution in [0.2, 0.25) is 0 Å². The highest BCUT2D eigenvalue weighted by Crippen LogP contribution is 2.39. The van der Waals surface area contributed by atoms with Crippen molar-refractivity contribution in [3.8, 4) is 5.75 Å². The van der Waals surface area contributed by atoms with Crippen LogP contribution in [0, 0.1) is 5.92 Å². The summed E-state index contributed by atoms with van der Waals surface area (Å²) in [6.45, 7) is 0. The van der Waals surface area contributed by atoms with E-state index in [1.165, 1.54) is 31.4 Å². The number of ketones is 1. The number of Topliss-reactive ketones (excluding diaryl/α,β-unsaturated/α-hetero) is 1. The molecule has 0 saturated heterocycles. The number of hydrogen-bond acceptors (Lipinski definition) is 4. The molecule has 1 heterocycles. The number of benzene rings is 1. The van der Waals surface area contributed by atoms with E-state index in [0.29, 0.717) is 11.8 Å². The van der Waals surface area contributed by atoms with Crippen LogP contribution in [0.5, 0.6) is 5.75 Å². The lowest BCUT2D eigenvalue weighted by Gasteiger charge is -2.24. The number of methoxy groups -OCH3 is 1. The summed E-state index contributed by atoms with van der Waals surface area (Å²) in [6.07, 6.45) is -16.0. The summed E-state index contributed by atoms with van der Waals surface area (Å²) >= 11 is 0. The molecule has 0 fully saturated rings. The number of rotatable bonds is 4. The molecule has 0 radical (unpaired) electrons. The van der Waals surface area contributed by atoms with E-state index in [9.17, 15) is 49.1 Å². The molecule has 0 aromatic heterocycles. The number of hydrazone groups is 1. The minimum Gasteiger partial charge on any atom is -0.497 e. The molecule has 1 amide bonds. The maximum atomic E-state index is 13.2. The second-order valence-corrected chi connectivity index (χ2v) is 6.09. The smallest absolute Gasteiger partial charge is 0.473 e. The third-order valence-electron chi connectivity index (χ3n) is 4.04. The van der Waals surface area contributed by atoms with Crippen LogP contribution < -0.4 is 4.74 Å². The highest BCUT2D eigenvalue weighted by molar-refractivity contribution is 6.12. The van der Waals surface area contributed by atoms with Gasteiger partial charge in [0, 0.05) is 0 Å². The van der Waals surface area contributed by atoms with E-state index in [0.717, 1.165) is 6.08 Å². The molecule has 1 aliphatic rings. The first kappa shape index (κ1) is 24.2. The van der Waals surface area contributed by atoms with E-state index in [1.807, 2.05) is 0 Å². The van der Waals surface area contributed by atoms with Gasteiger partial charge in [0.15, 0.2) is 5.71 Å². The van der Waals surface area contributed by atoms with Gasteiger partial charge in [0.25, 0.3) is 0 Å². The standard InChI is InChI=1S/C17H11F9N2O3/c1-31-9-5-2-8(3-6-9)4-7-10-11(13(29)16(21,22)23)12(15(18,19)20)27-28(10)14(30)17(24,25)26/h2-7,10-11H,1H3/b7-4+. The Labute approximate surface area is 167 Å². The maximum absolute atomic E-state index is 13.2. The van der Waals surface area contributed by atoms with Crippen LogP contribution in [-0.4, -0.2) is 54.1 Å². The van der Waals surface area contributed by atoms with Gasteiger partial charge in [-0.15, -0.1) is 0 Å². The average Bonchev–Trinajstić information content (AvgIpc) is 3.03. The molecular formula is C17H11F9N2O3. The first-order valence-corrected chi connectivity index (χ1v) is 8.06. The fraction of sp³-hybridized carbons (Fsp3) is 0.353. The zero-order chi connectivity index (χ0) is 23.8. The summed E-state index contributed by atoms with van der Waals surface area (Å²) in [5.41, 5.74) is -2.34. The van der Waals surface area contributed by atoms with Gasteiger partial charge in [0.1, 0.15) is 11.7 Å². The molecule has 5 nitrogen and oxygen atoms in total. The van der Waals surface area contributed by atoms with E-state index in [1.54, 1.807) is 0 Å². The molecule has 2 rings (SSSR count). The molecule has 1 aromatic rings. The van der Waals surface area contributed by atoms with Crippen molar-refractivity contribution >= 4 is 23.5 Å². The second-order valence-electron chi connectivity index (χ2n) is 6.09. The lowest BCUT2D eigenvalue weighted by molar-refractivity contribution is -0.188. The van der Waals surface area contributed by atoms with Crippen molar-refractivity contribution in [2.24, 2.45) is 11.0 Å². The number of ether oxygens (including phenoxy) is 1. The van der Waals surface area contributed by atoms with Gasteiger partial charge < -0.3 is 4.74 Å². The van der Waals surface area contributed by atoms with E-state index < -0.39 is 52.9 Å². The van der Waals surface area contributed by atoms with Crippen LogP contribution in [0.3, 0.4) is 0 Å². The number of alkyl halides is 9. The number of amides is 1. The van der Waals surface area contributed by atoms with Gasteiger partial charge in [-0.25, -0.2) is 5.01 Å². The van der Waals surface area contributed by atoms with Crippen LogP contribution in [0.1, 0.15) is 5.56 Å². The van der Waals surface area contributed by atoms with Crippen LogP contribution in [-0.2, 0) is 9.59 Å². The SMILES string of the molecule is COc1ccc(/C=C/C2C(C(=O)C(F)(F)F)C(C(F)(F)F)=NN2C(=O)C(F)(F)F)cc1. The summed E-state index contributed by atoms with van der Waals surface area (Å²) in [7, 11) is 1.31. The molecular weight excluding hydrogens is 451 g/mol. The Bertz CT molecular complexity index is 899. The molecule has 0 spiro atoms. The third-order valence-corrected chi connectivity index (χ3v) is 4.04. The Morgan fingerprint density at radius 2 is 1.52 bits per heavy atom. The van der Waals surface area contributed by atoms with Crippen LogP contribution >= 0.6 is 0 Å². The van der Waals surface area contributed by atoms with Crippen molar-refractivity contribution in [2.75, 3.05) is 7.11 Å². The zero-order valence-corrected chi connectivity index (χ0v) is 15.1. The summed E-state index contributed by atoms with van der Waals surface area (Å²) < 4.78 is 122. The maximum Gasteiger partial charge on any atom is 0.473 e. The Hall–Kier alpha value is -3.06. The summed E-state index contributed by atoms with van der Waals surface area (Å²) in [6, 6.07) is 2.65.